The summed E-state index contributed by atoms with van der Waals surface area (Å²) < 4.78 is 0. The van der Waals surface area contributed by atoms with Gasteiger partial charge in [0.15, 0.2) is 0 Å². The number of rotatable bonds is 5. The smallest absolute Gasteiger partial charge is 0.313 e. The number of carboxylic acids is 1. The van der Waals surface area contributed by atoms with E-state index in [0.29, 0.717) is 0 Å². The SMILES string of the molecule is Cc1ccc2nc(CCSCC(=O)O)[nH]c2c1. The number of aryl methyl sites for hydroxylation is 2. The zero-order valence-corrected chi connectivity index (χ0v) is 10.4. The highest BCUT2D eigenvalue weighted by Crippen LogP contribution is 2.14. The van der Waals surface area contributed by atoms with Gasteiger partial charge in [-0.1, -0.05) is 6.07 Å². The summed E-state index contributed by atoms with van der Waals surface area (Å²) in [5.74, 6) is 1.07. The molecule has 0 bridgehead atoms. The quantitative estimate of drug-likeness (QED) is 0.799. The molecule has 0 amide bonds. The van der Waals surface area contributed by atoms with Gasteiger partial charge in [0.05, 0.1) is 16.8 Å². The zero-order valence-electron chi connectivity index (χ0n) is 9.56. The number of aromatic amines is 1. The summed E-state index contributed by atoms with van der Waals surface area (Å²) in [4.78, 5) is 18.1. The Morgan fingerprint density at radius 1 is 1.53 bits per heavy atom. The maximum atomic E-state index is 10.3. The van der Waals surface area contributed by atoms with Gasteiger partial charge in [-0.3, -0.25) is 4.79 Å². The van der Waals surface area contributed by atoms with E-state index in [1.807, 2.05) is 19.1 Å². The number of benzene rings is 1. The van der Waals surface area contributed by atoms with Gasteiger partial charge < -0.3 is 10.1 Å². The molecule has 2 aromatic rings. The minimum absolute atomic E-state index is 0.152. The number of H-pyrrole nitrogens is 1. The Balaban J connectivity index is 1.97. The molecule has 1 heterocycles. The number of nitrogens with zero attached hydrogens (tertiary/aromatic N) is 1. The predicted octanol–water partition coefficient (Wildman–Crippen LogP) is 2.23. The van der Waals surface area contributed by atoms with Crippen molar-refractivity contribution in [3.63, 3.8) is 0 Å². The molecule has 90 valence electrons. The molecule has 0 saturated carbocycles. The van der Waals surface area contributed by atoms with Crippen LogP contribution in [0.2, 0.25) is 0 Å². The van der Waals surface area contributed by atoms with Crippen LogP contribution in [0.1, 0.15) is 11.4 Å². The van der Waals surface area contributed by atoms with Crippen LogP contribution in [0.25, 0.3) is 11.0 Å². The molecule has 2 N–H and O–H groups in total. The van der Waals surface area contributed by atoms with Crippen LogP contribution in [0.15, 0.2) is 18.2 Å². The van der Waals surface area contributed by atoms with E-state index in [1.54, 1.807) is 0 Å². The lowest BCUT2D eigenvalue weighted by atomic mass is 10.2. The van der Waals surface area contributed by atoms with Crippen LogP contribution in [-0.2, 0) is 11.2 Å². The van der Waals surface area contributed by atoms with Gasteiger partial charge >= 0.3 is 5.97 Å². The minimum atomic E-state index is -0.768. The van der Waals surface area contributed by atoms with E-state index in [9.17, 15) is 4.79 Å². The van der Waals surface area contributed by atoms with Crippen molar-refractivity contribution in [2.24, 2.45) is 0 Å². The number of carbonyl (C=O) groups is 1. The summed E-state index contributed by atoms with van der Waals surface area (Å²) in [6, 6.07) is 6.09. The lowest BCUT2D eigenvalue weighted by molar-refractivity contribution is -0.133. The minimum Gasteiger partial charge on any atom is -0.481 e. The molecule has 4 nitrogen and oxygen atoms in total. The summed E-state index contributed by atoms with van der Waals surface area (Å²) in [6.45, 7) is 2.04. The van der Waals surface area contributed by atoms with Crippen LogP contribution in [0.5, 0.6) is 0 Å². The van der Waals surface area contributed by atoms with Crippen molar-refractivity contribution < 1.29 is 9.90 Å². The molecule has 0 aliphatic rings. The second-order valence-corrected chi connectivity index (χ2v) is 5.01. The maximum Gasteiger partial charge on any atom is 0.313 e. The number of hydrogen-bond acceptors (Lipinski definition) is 3. The summed E-state index contributed by atoms with van der Waals surface area (Å²) in [7, 11) is 0. The number of imidazole rings is 1. The molecule has 0 saturated heterocycles. The van der Waals surface area contributed by atoms with Gasteiger partial charge in [0.25, 0.3) is 0 Å². The third-order valence-electron chi connectivity index (χ3n) is 2.40. The molecule has 0 radical (unpaired) electrons. The van der Waals surface area contributed by atoms with Crippen LogP contribution in [0, 0.1) is 6.92 Å². The molecule has 0 atom stereocenters. The first-order chi connectivity index (χ1) is 8.15. The Bertz CT molecular complexity index is 536. The van der Waals surface area contributed by atoms with Gasteiger partial charge in [0.2, 0.25) is 0 Å². The fourth-order valence-corrected chi connectivity index (χ4v) is 2.28. The second kappa shape index (κ2) is 5.23. The van der Waals surface area contributed by atoms with E-state index in [1.165, 1.54) is 17.3 Å². The highest BCUT2D eigenvalue weighted by atomic mass is 32.2. The van der Waals surface area contributed by atoms with Gasteiger partial charge in [-0.2, -0.15) is 0 Å². The van der Waals surface area contributed by atoms with E-state index in [4.69, 9.17) is 5.11 Å². The Hall–Kier alpha value is -1.49. The molecule has 0 aliphatic carbocycles. The molecule has 0 unspecified atom stereocenters. The number of thioether (sulfide) groups is 1. The van der Waals surface area contributed by atoms with Crippen LogP contribution in [0.4, 0.5) is 0 Å². The van der Waals surface area contributed by atoms with Crippen molar-refractivity contribution in [2.75, 3.05) is 11.5 Å². The van der Waals surface area contributed by atoms with Crippen molar-refractivity contribution in [1.82, 2.24) is 9.97 Å². The Morgan fingerprint density at radius 2 is 2.35 bits per heavy atom. The van der Waals surface area contributed by atoms with E-state index in [2.05, 4.69) is 16.0 Å². The molecule has 5 heteroatoms. The lowest BCUT2D eigenvalue weighted by Crippen LogP contribution is -2.00. The summed E-state index contributed by atoms with van der Waals surface area (Å²) in [6.07, 6.45) is 0.770. The molecule has 1 aromatic carbocycles. The molecule has 1 aromatic heterocycles. The molecule has 0 fully saturated rings. The highest BCUT2D eigenvalue weighted by molar-refractivity contribution is 7.99. The van der Waals surface area contributed by atoms with Gasteiger partial charge in [-0.05, 0) is 24.6 Å². The fraction of sp³-hybridized carbons (Fsp3) is 0.333. The summed E-state index contributed by atoms with van der Waals surface area (Å²) in [5.41, 5.74) is 3.21. The molecule has 17 heavy (non-hydrogen) atoms. The first-order valence-corrected chi connectivity index (χ1v) is 6.55. The van der Waals surface area contributed by atoms with E-state index in [0.717, 1.165) is 29.0 Å². The Labute approximate surface area is 103 Å². The van der Waals surface area contributed by atoms with E-state index < -0.39 is 5.97 Å². The largest absolute Gasteiger partial charge is 0.481 e. The van der Waals surface area contributed by atoms with Crippen molar-refractivity contribution in [2.45, 2.75) is 13.3 Å². The van der Waals surface area contributed by atoms with Gasteiger partial charge in [-0.25, -0.2) is 4.98 Å². The maximum absolute atomic E-state index is 10.3. The monoisotopic (exact) mass is 250 g/mol. The van der Waals surface area contributed by atoms with E-state index >= 15 is 0 Å². The van der Waals surface area contributed by atoms with Gasteiger partial charge in [-0.15, -0.1) is 11.8 Å². The topological polar surface area (TPSA) is 66.0 Å². The third kappa shape index (κ3) is 3.23. The van der Waals surface area contributed by atoms with Crippen LogP contribution < -0.4 is 0 Å². The van der Waals surface area contributed by atoms with Crippen molar-refractivity contribution >= 4 is 28.8 Å². The number of carboxylic acid groups (broad SMARTS) is 1. The first-order valence-electron chi connectivity index (χ1n) is 5.40. The van der Waals surface area contributed by atoms with Crippen molar-refractivity contribution in [3.8, 4) is 0 Å². The van der Waals surface area contributed by atoms with Crippen molar-refractivity contribution in [1.29, 1.82) is 0 Å². The average Bonchev–Trinajstić information content (AvgIpc) is 2.66. The highest BCUT2D eigenvalue weighted by Gasteiger charge is 2.03. The number of nitrogens with one attached hydrogen (secondary N) is 1. The van der Waals surface area contributed by atoms with Crippen LogP contribution in [-0.4, -0.2) is 32.5 Å². The first kappa shape index (κ1) is 12.0. The normalized spacial score (nSPS) is 10.9. The average molecular weight is 250 g/mol. The Kier molecular flexibility index (Phi) is 3.68. The van der Waals surface area contributed by atoms with Gasteiger partial charge in [0.1, 0.15) is 5.82 Å². The number of hydrogen-bond donors (Lipinski definition) is 2. The van der Waals surface area contributed by atoms with Gasteiger partial charge in [0, 0.05) is 12.2 Å². The predicted molar refractivity (Wildman–Crippen MR) is 69.5 cm³/mol. The standard InChI is InChI=1S/C12H14N2O2S/c1-8-2-3-9-10(6-8)14-11(13-9)4-5-17-7-12(15)16/h2-3,6H,4-5,7H2,1H3,(H,13,14)(H,15,16). The van der Waals surface area contributed by atoms with Crippen molar-refractivity contribution in [3.05, 3.63) is 29.6 Å². The molecule has 0 spiro atoms. The number of fused-ring (bicyclic) bond motifs is 1. The Morgan fingerprint density at radius 3 is 3.12 bits per heavy atom. The summed E-state index contributed by atoms with van der Waals surface area (Å²) in [5, 5.41) is 8.51. The van der Waals surface area contributed by atoms with Crippen LogP contribution >= 0.6 is 11.8 Å². The molecular formula is C12H14N2O2S. The number of aromatic nitrogens is 2. The lowest BCUT2D eigenvalue weighted by Gasteiger charge is -1.95. The fourth-order valence-electron chi connectivity index (χ4n) is 1.62. The molecule has 0 aliphatic heterocycles. The van der Waals surface area contributed by atoms with Crippen LogP contribution in [0.3, 0.4) is 0 Å². The number of aliphatic carboxylic acids is 1. The van der Waals surface area contributed by atoms with E-state index in [-0.39, 0.29) is 5.75 Å². The summed E-state index contributed by atoms with van der Waals surface area (Å²) >= 11 is 1.41. The zero-order chi connectivity index (χ0) is 12.3. The molecular weight excluding hydrogens is 236 g/mol. The third-order valence-corrected chi connectivity index (χ3v) is 3.34. The second-order valence-electron chi connectivity index (χ2n) is 3.90. The molecule has 2 rings (SSSR count).